The van der Waals surface area contributed by atoms with Gasteiger partial charge in [0.1, 0.15) is 17.2 Å². The molecule has 0 spiro atoms. The van der Waals surface area contributed by atoms with Gasteiger partial charge in [0.2, 0.25) is 0 Å². The molecule has 0 unspecified atom stereocenters. The summed E-state index contributed by atoms with van der Waals surface area (Å²) in [7, 11) is 4.39. The molecule has 1 amide bonds. The molecule has 2 aromatic carbocycles. The maximum Gasteiger partial charge on any atom is 0.274 e. The second-order valence-corrected chi connectivity index (χ2v) is 14.7. The van der Waals surface area contributed by atoms with Crippen LogP contribution >= 0.6 is 0 Å². The number of imidazole rings is 1. The molecular weight excluding hydrogens is 659 g/mol. The first-order chi connectivity index (χ1) is 25.2. The molecule has 3 N–H and O–H groups in total. The second kappa shape index (κ2) is 14.3. The number of aromatic amines is 2. The number of carbonyl (C=O) groups is 1. The minimum Gasteiger partial charge on any atom is -0.505 e. The first-order valence-electron chi connectivity index (χ1n) is 18.6. The summed E-state index contributed by atoms with van der Waals surface area (Å²) in [6, 6.07) is 10.1. The highest BCUT2D eigenvalue weighted by Crippen LogP contribution is 2.34. The Hall–Kier alpha value is -4.88. The minimum atomic E-state index is -0.650. The van der Waals surface area contributed by atoms with Crippen LogP contribution in [0, 0.1) is 5.82 Å². The molecule has 2 fully saturated rings. The number of aryl methyl sites for hydroxylation is 1. The molecule has 5 aromatic rings. The second-order valence-electron chi connectivity index (χ2n) is 14.7. The number of nitrogens with zero attached hydrogens (tertiary/aromatic N) is 8. The molecule has 0 bridgehead atoms. The number of aromatic hydroxyl groups is 1. The zero-order chi connectivity index (χ0) is 35.9. The van der Waals surface area contributed by atoms with Crippen molar-refractivity contribution in [2.24, 2.45) is 0 Å². The monoisotopic (exact) mass is 706 g/mol. The third kappa shape index (κ3) is 6.63. The highest BCUT2D eigenvalue weighted by atomic mass is 19.1. The molecule has 5 heterocycles. The maximum absolute atomic E-state index is 14.3. The van der Waals surface area contributed by atoms with Crippen molar-refractivity contribution in [3.63, 3.8) is 0 Å². The lowest BCUT2D eigenvalue weighted by molar-refractivity contribution is 0.0725. The Bertz CT molecular complexity index is 2070. The number of carbonyl (C=O) groups excluding carboxylic acids is 1. The third-order valence-electron chi connectivity index (χ3n) is 11.4. The van der Waals surface area contributed by atoms with Crippen molar-refractivity contribution in [1.29, 1.82) is 0 Å². The molecular formula is C39H47FN10O2. The van der Waals surface area contributed by atoms with Gasteiger partial charge in [-0.25, -0.2) is 19.3 Å². The van der Waals surface area contributed by atoms with Crippen molar-refractivity contribution in [2.75, 3.05) is 51.7 Å². The Kier molecular flexibility index (Phi) is 9.39. The van der Waals surface area contributed by atoms with Crippen LogP contribution in [-0.2, 0) is 19.4 Å². The van der Waals surface area contributed by atoms with E-state index >= 15 is 0 Å². The van der Waals surface area contributed by atoms with Crippen molar-refractivity contribution in [2.45, 2.75) is 70.5 Å². The van der Waals surface area contributed by atoms with Crippen LogP contribution in [0.1, 0.15) is 66.5 Å². The summed E-state index contributed by atoms with van der Waals surface area (Å²) < 4.78 is 14.3. The molecule has 272 valence electrons. The van der Waals surface area contributed by atoms with Gasteiger partial charge in [-0.05, 0) is 93.6 Å². The molecule has 0 radical (unpaired) electrons. The van der Waals surface area contributed by atoms with Gasteiger partial charge in [-0.2, -0.15) is 5.10 Å². The van der Waals surface area contributed by atoms with Gasteiger partial charge in [-0.3, -0.25) is 14.8 Å². The Morgan fingerprint density at radius 3 is 2.63 bits per heavy atom. The average molecular weight is 707 g/mol. The number of aromatic nitrogens is 6. The van der Waals surface area contributed by atoms with E-state index in [0.717, 1.165) is 77.4 Å². The molecule has 1 saturated carbocycles. The molecule has 13 heteroatoms. The Morgan fingerprint density at radius 1 is 1.02 bits per heavy atom. The van der Waals surface area contributed by atoms with Crippen LogP contribution in [0.15, 0.2) is 42.7 Å². The summed E-state index contributed by atoms with van der Waals surface area (Å²) in [6.07, 6.45) is 10.8. The van der Waals surface area contributed by atoms with Crippen molar-refractivity contribution >= 4 is 22.6 Å². The largest absolute Gasteiger partial charge is 0.505 e. The average Bonchev–Trinajstić information content (AvgIpc) is 3.71. The van der Waals surface area contributed by atoms with E-state index in [1.54, 1.807) is 17.3 Å². The summed E-state index contributed by atoms with van der Waals surface area (Å²) >= 11 is 0. The number of fused-ring (bicyclic) bond motifs is 2. The number of amides is 1. The van der Waals surface area contributed by atoms with Crippen LogP contribution in [0.5, 0.6) is 5.75 Å². The smallest absolute Gasteiger partial charge is 0.274 e. The summed E-state index contributed by atoms with van der Waals surface area (Å²) in [5.74, 6) is 0.313. The Balaban J connectivity index is 0.911. The highest BCUT2D eigenvalue weighted by Gasteiger charge is 2.30. The van der Waals surface area contributed by atoms with Crippen molar-refractivity contribution in [3.8, 4) is 28.4 Å². The van der Waals surface area contributed by atoms with Crippen LogP contribution in [-0.4, -0.2) is 115 Å². The third-order valence-corrected chi connectivity index (χ3v) is 11.4. The van der Waals surface area contributed by atoms with Gasteiger partial charge in [0.05, 0.1) is 35.8 Å². The van der Waals surface area contributed by atoms with Crippen molar-refractivity contribution in [1.82, 2.24) is 44.8 Å². The summed E-state index contributed by atoms with van der Waals surface area (Å²) in [6.45, 7) is 6.89. The van der Waals surface area contributed by atoms with Gasteiger partial charge in [-0.1, -0.05) is 13.0 Å². The lowest BCUT2D eigenvalue weighted by Gasteiger charge is -2.38. The van der Waals surface area contributed by atoms with Gasteiger partial charge in [0.15, 0.2) is 17.4 Å². The fraction of sp³-hybridized carbons (Fsp3) is 0.462. The van der Waals surface area contributed by atoms with Gasteiger partial charge in [-0.15, -0.1) is 0 Å². The molecule has 8 rings (SSSR count). The normalized spacial score (nSPS) is 20.0. The van der Waals surface area contributed by atoms with Crippen LogP contribution in [0.4, 0.5) is 10.2 Å². The highest BCUT2D eigenvalue weighted by molar-refractivity contribution is 5.94. The molecule has 12 nitrogen and oxygen atoms in total. The number of nitrogens with one attached hydrogen (secondary N) is 2. The summed E-state index contributed by atoms with van der Waals surface area (Å²) in [5, 5.41) is 18.4. The van der Waals surface area contributed by atoms with Crippen molar-refractivity contribution < 1.29 is 14.3 Å². The predicted molar refractivity (Wildman–Crippen MR) is 199 cm³/mol. The molecule has 3 aromatic heterocycles. The fourth-order valence-electron chi connectivity index (χ4n) is 8.34. The van der Waals surface area contributed by atoms with E-state index in [1.807, 2.05) is 25.1 Å². The lowest BCUT2D eigenvalue weighted by atomic mass is 9.89. The number of phenols is 1. The molecule has 2 aliphatic heterocycles. The molecule has 1 aliphatic carbocycles. The van der Waals surface area contributed by atoms with E-state index in [4.69, 9.17) is 9.97 Å². The quantitative estimate of drug-likeness (QED) is 0.204. The fourth-order valence-corrected chi connectivity index (χ4v) is 8.34. The van der Waals surface area contributed by atoms with E-state index in [1.165, 1.54) is 37.8 Å². The number of anilines is 1. The number of halogens is 1. The molecule has 52 heavy (non-hydrogen) atoms. The zero-order valence-electron chi connectivity index (χ0n) is 30.2. The van der Waals surface area contributed by atoms with Crippen molar-refractivity contribution in [3.05, 3.63) is 71.2 Å². The number of hydrogen-bond acceptors (Lipinski definition) is 9. The number of phenolic OH excluding ortho intramolecular Hbond substituents is 1. The summed E-state index contributed by atoms with van der Waals surface area (Å²) in [4.78, 5) is 40.3. The van der Waals surface area contributed by atoms with Gasteiger partial charge in [0.25, 0.3) is 5.91 Å². The van der Waals surface area contributed by atoms with E-state index in [2.05, 4.69) is 49.0 Å². The Labute approximate surface area is 303 Å². The number of rotatable bonds is 7. The standard InChI is InChI=1S/C39H47FN10O2/c1-4-24-19-35(51)30(40)20-29(24)25-6-11-28-32(18-25)45-46-37(28)38-43-31-12-15-50(23-34(31)44-38)39(52)33-21-42-36(22-41-33)49-14-5-13-48(16-17-49)27-9-7-26(8-10-27)47(2)3/h6,11,18-22,26-27,51H,4-5,7-10,12-17,23H2,1-3H3,(H,43,44)(H,45,46). The Morgan fingerprint density at radius 2 is 1.87 bits per heavy atom. The van der Waals surface area contributed by atoms with E-state index < -0.39 is 5.82 Å². The summed E-state index contributed by atoms with van der Waals surface area (Å²) in [5.41, 5.74) is 6.02. The molecule has 0 atom stereocenters. The molecule has 3 aliphatic rings. The van der Waals surface area contributed by atoms with E-state index in [9.17, 15) is 14.3 Å². The minimum absolute atomic E-state index is 0.147. The first-order valence-corrected chi connectivity index (χ1v) is 18.6. The predicted octanol–water partition coefficient (Wildman–Crippen LogP) is 5.40. The SMILES string of the molecule is CCc1cc(O)c(F)cc1-c1ccc2c(-c3nc4c([nH]3)CN(C(=O)c3cnc(N5CCCN(C6CCC(N(C)C)CC6)CC5)cn3)CC4)n[nH]c2c1. The van der Waals surface area contributed by atoms with E-state index in [-0.39, 0.29) is 11.7 Å². The number of H-pyrrole nitrogens is 2. The van der Waals surface area contributed by atoms with Crippen LogP contribution in [0.3, 0.4) is 0 Å². The zero-order valence-corrected chi connectivity index (χ0v) is 30.2. The maximum atomic E-state index is 14.3. The van der Waals surface area contributed by atoms with Crippen LogP contribution in [0.25, 0.3) is 33.5 Å². The molecule has 1 saturated heterocycles. The first kappa shape index (κ1) is 34.2. The van der Waals surface area contributed by atoms with E-state index in [0.29, 0.717) is 55.2 Å². The lowest BCUT2D eigenvalue weighted by Crippen LogP contribution is -2.43. The number of benzene rings is 2. The number of hydrogen-bond donors (Lipinski definition) is 3. The van der Waals surface area contributed by atoms with Gasteiger partial charge >= 0.3 is 0 Å². The topological polar surface area (TPSA) is 133 Å². The van der Waals surface area contributed by atoms with Crippen LogP contribution in [0.2, 0.25) is 0 Å². The van der Waals surface area contributed by atoms with Gasteiger partial charge < -0.3 is 24.8 Å². The van der Waals surface area contributed by atoms with Crippen LogP contribution < -0.4 is 4.90 Å². The van der Waals surface area contributed by atoms with Gasteiger partial charge in [0, 0.05) is 56.6 Å².